The van der Waals surface area contributed by atoms with Crippen molar-refractivity contribution in [2.75, 3.05) is 44.7 Å². The summed E-state index contributed by atoms with van der Waals surface area (Å²) in [6.07, 6.45) is 2.62. The van der Waals surface area contributed by atoms with E-state index >= 15 is 0 Å². The number of nitrogens with zero attached hydrogens (tertiary/aromatic N) is 4. The fraction of sp³-hybridized carbons (Fsp3) is 0.364. The summed E-state index contributed by atoms with van der Waals surface area (Å²) >= 11 is 0. The van der Waals surface area contributed by atoms with E-state index in [0.29, 0.717) is 6.54 Å². The monoisotopic (exact) mass is 378 g/mol. The third kappa shape index (κ3) is 4.02. The van der Waals surface area contributed by atoms with E-state index in [1.165, 1.54) is 5.69 Å². The molecule has 0 aromatic heterocycles. The minimum absolute atomic E-state index is 0.0225. The average molecular weight is 378 g/mol. The molecular formula is C22H26N4O2. The van der Waals surface area contributed by atoms with Crippen LogP contribution in [0.2, 0.25) is 0 Å². The largest absolute Gasteiger partial charge is 0.497 e. The molecule has 2 aromatic carbocycles. The Morgan fingerprint density at radius 1 is 1.04 bits per heavy atom. The minimum Gasteiger partial charge on any atom is -0.497 e. The van der Waals surface area contributed by atoms with Crippen molar-refractivity contribution in [3.63, 3.8) is 0 Å². The summed E-state index contributed by atoms with van der Waals surface area (Å²) in [6.45, 7) is 3.96. The van der Waals surface area contributed by atoms with E-state index in [0.717, 1.165) is 43.9 Å². The van der Waals surface area contributed by atoms with E-state index in [9.17, 15) is 4.79 Å². The van der Waals surface area contributed by atoms with Gasteiger partial charge in [0.05, 0.1) is 19.7 Å². The number of methoxy groups -OCH3 is 1. The van der Waals surface area contributed by atoms with Crippen LogP contribution in [-0.2, 0) is 4.79 Å². The summed E-state index contributed by atoms with van der Waals surface area (Å²) in [5.74, 6) is 0.938. The zero-order valence-electron chi connectivity index (χ0n) is 16.2. The van der Waals surface area contributed by atoms with E-state index in [1.54, 1.807) is 12.1 Å². The Hall–Kier alpha value is -2.86. The van der Waals surface area contributed by atoms with Gasteiger partial charge in [-0.25, -0.2) is 5.01 Å². The number of piperazine rings is 1. The molecule has 2 aromatic rings. The summed E-state index contributed by atoms with van der Waals surface area (Å²) in [6, 6.07) is 18.3. The first kappa shape index (κ1) is 18.5. The molecule has 6 heteroatoms. The maximum absolute atomic E-state index is 12.9. The van der Waals surface area contributed by atoms with Gasteiger partial charge in [-0.3, -0.25) is 9.69 Å². The lowest BCUT2D eigenvalue weighted by atomic mass is 10.0. The molecule has 146 valence electrons. The lowest BCUT2D eigenvalue weighted by Gasteiger charge is -2.36. The molecule has 28 heavy (non-hydrogen) atoms. The summed E-state index contributed by atoms with van der Waals surface area (Å²) in [7, 11) is 1.68. The third-order valence-electron chi connectivity index (χ3n) is 5.44. The predicted octanol–water partition coefficient (Wildman–Crippen LogP) is 2.78. The van der Waals surface area contributed by atoms with Gasteiger partial charge in [-0.2, -0.15) is 5.10 Å². The Labute approximate surface area is 166 Å². The van der Waals surface area contributed by atoms with Crippen molar-refractivity contribution < 1.29 is 9.53 Å². The van der Waals surface area contributed by atoms with Gasteiger partial charge in [0, 0.05) is 44.5 Å². The van der Waals surface area contributed by atoms with Crippen LogP contribution >= 0.6 is 0 Å². The molecule has 0 aliphatic carbocycles. The van der Waals surface area contributed by atoms with Crippen LogP contribution in [-0.4, -0.2) is 61.9 Å². The topological polar surface area (TPSA) is 48.4 Å². The van der Waals surface area contributed by atoms with Gasteiger partial charge < -0.3 is 9.64 Å². The van der Waals surface area contributed by atoms with Gasteiger partial charge >= 0.3 is 0 Å². The van der Waals surface area contributed by atoms with Crippen LogP contribution < -0.4 is 9.64 Å². The van der Waals surface area contributed by atoms with Crippen molar-refractivity contribution in [1.82, 2.24) is 9.91 Å². The maximum Gasteiger partial charge on any atom is 0.257 e. The average Bonchev–Trinajstić information content (AvgIpc) is 3.25. The number of anilines is 1. The molecule has 1 saturated heterocycles. The van der Waals surface area contributed by atoms with E-state index in [2.05, 4.69) is 39.2 Å². The van der Waals surface area contributed by atoms with Gasteiger partial charge in [-0.15, -0.1) is 0 Å². The number of ether oxygens (including phenoxy) is 1. The lowest BCUT2D eigenvalue weighted by Crippen LogP contribution is -2.49. The highest BCUT2D eigenvalue weighted by Gasteiger charge is 2.29. The number of carbonyl (C=O) groups excluding carboxylic acids is 1. The van der Waals surface area contributed by atoms with Gasteiger partial charge in [-0.1, -0.05) is 30.3 Å². The number of rotatable bonds is 5. The third-order valence-corrected chi connectivity index (χ3v) is 5.44. The zero-order chi connectivity index (χ0) is 19.3. The first-order valence-corrected chi connectivity index (χ1v) is 9.75. The molecule has 2 aliphatic rings. The summed E-state index contributed by atoms with van der Waals surface area (Å²) in [4.78, 5) is 17.4. The van der Waals surface area contributed by atoms with Crippen molar-refractivity contribution >= 4 is 17.8 Å². The number of hydrazone groups is 1. The predicted molar refractivity (Wildman–Crippen MR) is 111 cm³/mol. The highest BCUT2D eigenvalue weighted by atomic mass is 16.5. The Bertz CT molecular complexity index is 814. The fourth-order valence-corrected chi connectivity index (χ4v) is 3.83. The molecule has 1 atom stereocenters. The standard InChI is InChI=1S/C22H26N4O2/c1-28-20-9-7-19(8-10-20)25-15-13-24(14-16-25)17-22(27)26-21(11-12-23-26)18-5-3-2-4-6-18/h2-10,12,21H,11,13-17H2,1H3/t21-/m0/s1. The molecule has 2 aliphatic heterocycles. The van der Waals surface area contributed by atoms with Crippen LogP contribution in [0.3, 0.4) is 0 Å². The summed E-state index contributed by atoms with van der Waals surface area (Å²) < 4.78 is 5.23. The van der Waals surface area contributed by atoms with Crippen molar-refractivity contribution in [1.29, 1.82) is 0 Å². The number of hydrogen-bond donors (Lipinski definition) is 0. The number of amides is 1. The van der Waals surface area contributed by atoms with Crippen molar-refractivity contribution in [2.45, 2.75) is 12.5 Å². The number of hydrogen-bond acceptors (Lipinski definition) is 5. The molecule has 0 bridgehead atoms. The lowest BCUT2D eigenvalue weighted by molar-refractivity contribution is -0.134. The molecule has 0 spiro atoms. The Kier molecular flexibility index (Phi) is 5.58. The van der Waals surface area contributed by atoms with Crippen molar-refractivity contribution in [2.24, 2.45) is 5.10 Å². The second-order valence-corrected chi connectivity index (χ2v) is 7.16. The van der Waals surface area contributed by atoms with Gasteiger partial charge in [0.2, 0.25) is 0 Å². The van der Waals surface area contributed by atoms with Gasteiger partial charge in [0.15, 0.2) is 0 Å². The summed E-state index contributed by atoms with van der Waals surface area (Å²) in [5, 5.41) is 6.01. The molecule has 0 saturated carbocycles. The van der Waals surface area contributed by atoms with Crippen LogP contribution in [0.4, 0.5) is 5.69 Å². The van der Waals surface area contributed by atoms with Crippen molar-refractivity contribution in [3.05, 3.63) is 60.2 Å². The molecule has 0 N–H and O–H groups in total. The Morgan fingerprint density at radius 2 is 1.75 bits per heavy atom. The second kappa shape index (κ2) is 8.44. The van der Waals surface area contributed by atoms with Crippen LogP contribution in [0, 0.1) is 0 Å². The Balaban J connectivity index is 1.31. The highest BCUT2D eigenvalue weighted by Crippen LogP contribution is 2.28. The van der Waals surface area contributed by atoms with Gasteiger partial charge in [0.1, 0.15) is 5.75 Å². The molecule has 0 unspecified atom stereocenters. The van der Waals surface area contributed by atoms with Gasteiger partial charge in [0.25, 0.3) is 5.91 Å². The quantitative estimate of drug-likeness (QED) is 0.803. The van der Waals surface area contributed by atoms with E-state index in [4.69, 9.17) is 4.74 Å². The zero-order valence-corrected chi connectivity index (χ0v) is 16.2. The normalized spacial score (nSPS) is 19.8. The molecule has 6 nitrogen and oxygen atoms in total. The molecule has 2 heterocycles. The van der Waals surface area contributed by atoms with Crippen molar-refractivity contribution in [3.8, 4) is 5.75 Å². The molecule has 4 rings (SSSR count). The van der Waals surface area contributed by atoms with Crippen LogP contribution in [0.5, 0.6) is 5.75 Å². The molecule has 1 fully saturated rings. The minimum atomic E-state index is 0.0225. The number of benzene rings is 2. The van der Waals surface area contributed by atoms with E-state index < -0.39 is 0 Å². The smallest absolute Gasteiger partial charge is 0.257 e. The Morgan fingerprint density at radius 3 is 2.43 bits per heavy atom. The van der Waals surface area contributed by atoms with Gasteiger partial charge in [-0.05, 0) is 29.8 Å². The van der Waals surface area contributed by atoms with E-state index in [1.807, 2.05) is 36.5 Å². The molecular weight excluding hydrogens is 352 g/mol. The van der Waals surface area contributed by atoms with Crippen LogP contribution in [0.1, 0.15) is 18.0 Å². The molecule has 0 radical (unpaired) electrons. The SMILES string of the molecule is COc1ccc(N2CCN(CC(=O)N3N=CC[C@H]3c3ccccc3)CC2)cc1. The fourth-order valence-electron chi connectivity index (χ4n) is 3.83. The van der Waals surface area contributed by atoms with Crippen LogP contribution in [0.25, 0.3) is 0 Å². The van der Waals surface area contributed by atoms with Crippen LogP contribution in [0.15, 0.2) is 59.7 Å². The highest BCUT2D eigenvalue weighted by molar-refractivity contribution is 5.81. The summed E-state index contributed by atoms with van der Waals surface area (Å²) in [5.41, 5.74) is 2.33. The number of carbonyl (C=O) groups is 1. The first-order valence-electron chi connectivity index (χ1n) is 9.75. The second-order valence-electron chi connectivity index (χ2n) is 7.16. The van der Waals surface area contributed by atoms with E-state index in [-0.39, 0.29) is 11.9 Å². The maximum atomic E-state index is 12.9. The first-order chi connectivity index (χ1) is 13.7. The molecule has 1 amide bonds.